The summed E-state index contributed by atoms with van der Waals surface area (Å²) in [5, 5.41) is 2.01. The Morgan fingerprint density at radius 2 is 1.85 bits per heavy atom. The van der Waals surface area contributed by atoms with Gasteiger partial charge < -0.3 is 0 Å². The van der Waals surface area contributed by atoms with Gasteiger partial charge in [-0.05, 0) is 42.9 Å². The van der Waals surface area contributed by atoms with E-state index in [2.05, 4.69) is 25.6 Å². The lowest BCUT2D eigenvalue weighted by Crippen LogP contribution is -2.46. The molecule has 1 aliphatic heterocycles. The molecular formula is C12H20S. The average molecular weight is 196 g/mol. The molecular weight excluding hydrogens is 176 g/mol. The molecule has 1 saturated heterocycles. The van der Waals surface area contributed by atoms with Gasteiger partial charge in [-0.25, -0.2) is 0 Å². The summed E-state index contributed by atoms with van der Waals surface area (Å²) >= 11 is 2.30. The van der Waals surface area contributed by atoms with E-state index in [1.165, 1.54) is 12.8 Å². The van der Waals surface area contributed by atoms with Gasteiger partial charge in [-0.2, -0.15) is 11.8 Å². The summed E-state index contributed by atoms with van der Waals surface area (Å²) in [5.41, 5.74) is 0. The third kappa shape index (κ3) is 1.00. The second-order valence-electron chi connectivity index (χ2n) is 5.20. The Balaban J connectivity index is 1.82. The first-order valence-electron chi connectivity index (χ1n) is 5.98. The van der Waals surface area contributed by atoms with Gasteiger partial charge in [0, 0.05) is 10.5 Å². The standard InChI is InChI=1S/C12H20S/c1-3-10-12-9-6-4-5-8(9)11(12)7(2)13-10/h7-12H,3-6H2,1-2H3. The molecule has 6 unspecified atom stereocenters. The number of fused-ring (bicyclic) bond motifs is 4. The van der Waals surface area contributed by atoms with Gasteiger partial charge in [-0.1, -0.05) is 20.3 Å². The van der Waals surface area contributed by atoms with Crippen LogP contribution in [0.4, 0.5) is 0 Å². The molecule has 3 fully saturated rings. The predicted molar refractivity (Wildman–Crippen MR) is 58.9 cm³/mol. The Morgan fingerprint density at radius 3 is 2.54 bits per heavy atom. The van der Waals surface area contributed by atoms with Gasteiger partial charge in [0.15, 0.2) is 0 Å². The lowest BCUT2D eigenvalue weighted by molar-refractivity contribution is 0.0140. The summed E-state index contributed by atoms with van der Waals surface area (Å²) in [5.74, 6) is 4.58. The minimum atomic E-state index is 0.981. The van der Waals surface area contributed by atoms with Crippen LogP contribution in [-0.2, 0) is 0 Å². The minimum Gasteiger partial charge on any atom is -0.155 e. The van der Waals surface area contributed by atoms with Gasteiger partial charge in [0.2, 0.25) is 0 Å². The molecule has 13 heavy (non-hydrogen) atoms. The van der Waals surface area contributed by atoms with E-state index in [1.807, 2.05) is 0 Å². The molecule has 3 aliphatic rings. The molecule has 0 N–H and O–H groups in total. The van der Waals surface area contributed by atoms with E-state index in [1.54, 1.807) is 12.8 Å². The van der Waals surface area contributed by atoms with Gasteiger partial charge >= 0.3 is 0 Å². The largest absolute Gasteiger partial charge is 0.155 e. The van der Waals surface area contributed by atoms with Crippen LogP contribution in [0.15, 0.2) is 0 Å². The fraction of sp³-hybridized carbons (Fsp3) is 1.00. The van der Waals surface area contributed by atoms with Crippen molar-refractivity contribution in [1.82, 2.24) is 0 Å². The summed E-state index contributed by atoms with van der Waals surface area (Å²) in [6.07, 6.45) is 6.08. The number of thioether (sulfide) groups is 1. The third-order valence-corrected chi connectivity index (χ3v) is 6.56. The summed E-state index contributed by atoms with van der Waals surface area (Å²) in [6, 6.07) is 0. The molecule has 0 aromatic rings. The Kier molecular flexibility index (Phi) is 1.94. The van der Waals surface area contributed by atoms with Crippen molar-refractivity contribution in [3.8, 4) is 0 Å². The van der Waals surface area contributed by atoms with Crippen LogP contribution in [0, 0.1) is 23.7 Å². The van der Waals surface area contributed by atoms with Gasteiger partial charge in [0.05, 0.1) is 0 Å². The van der Waals surface area contributed by atoms with Crippen molar-refractivity contribution < 1.29 is 0 Å². The highest BCUT2D eigenvalue weighted by molar-refractivity contribution is 8.00. The maximum absolute atomic E-state index is 2.48. The average Bonchev–Trinajstić information content (AvgIpc) is 2.57. The molecule has 0 spiro atoms. The van der Waals surface area contributed by atoms with E-state index in [-0.39, 0.29) is 0 Å². The number of rotatable bonds is 1. The molecule has 0 bridgehead atoms. The van der Waals surface area contributed by atoms with Crippen LogP contribution < -0.4 is 0 Å². The fourth-order valence-corrected chi connectivity index (χ4v) is 6.28. The van der Waals surface area contributed by atoms with Crippen LogP contribution in [-0.4, -0.2) is 10.5 Å². The van der Waals surface area contributed by atoms with Crippen LogP contribution in [0.3, 0.4) is 0 Å². The minimum absolute atomic E-state index is 0.981. The first-order valence-corrected chi connectivity index (χ1v) is 6.92. The van der Waals surface area contributed by atoms with Crippen molar-refractivity contribution in [3.05, 3.63) is 0 Å². The molecule has 3 rings (SSSR count). The molecule has 2 saturated carbocycles. The van der Waals surface area contributed by atoms with E-state index in [4.69, 9.17) is 0 Å². The van der Waals surface area contributed by atoms with Gasteiger partial charge in [-0.3, -0.25) is 0 Å². The second-order valence-corrected chi connectivity index (χ2v) is 6.82. The molecule has 1 heterocycles. The second kappa shape index (κ2) is 2.92. The van der Waals surface area contributed by atoms with E-state index in [9.17, 15) is 0 Å². The van der Waals surface area contributed by atoms with Crippen LogP contribution in [0.1, 0.15) is 39.5 Å². The molecule has 0 radical (unpaired) electrons. The van der Waals surface area contributed by atoms with Crippen LogP contribution in [0.5, 0.6) is 0 Å². The monoisotopic (exact) mass is 196 g/mol. The quantitative estimate of drug-likeness (QED) is 0.618. The zero-order valence-corrected chi connectivity index (χ0v) is 9.52. The Hall–Kier alpha value is 0.350. The van der Waals surface area contributed by atoms with Crippen molar-refractivity contribution in [3.63, 3.8) is 0 Å². The summed E-state index contributed by atoms with van der Waals surface area (Å²) in [7, 11) is 0. The van der Waals surface area contributed by atoms with Crippen molar-refractivity contribution >= 4 is 11.8 Å². The number of hydrogen-bond donors (Lipinski definition) is 0. The topological polar surface area (TPSA) is 0 Å². The Labute approximate surface area is 85.9 Å². The molecule has 0 aromatic carbocycles. The molecule has 0 amide bonds. The lowest BCUT2D eigenvalue weighted by Gasteiger charge is -2.48. The first kappa shape index (κ1) is 8.64. The molecule has 74 valence electrons. The SMILES string of the molecule is CCC1SC(C)C2C3CCCC3C12. The molecule has 1 heteroatoms. The van der Waals surface area contributed by atoms with Crippen molar-refractivity contribution in [2.24, 2.45) is 23.7 Å². The van der Waals surface area contributed by atoms with E-state index >= 15 is 0 Å². The Morgan fingerprint density at radius 1 is 1.15 bits per heavy atom. The first-order chi connectivity index (χ1) is 6.33. The molecule has 2 aliphatic carbocycles. The molecule has 0 aromatic heterocycles. The third-order valence-electron chi connectivity index (χ3n) is 4.82. The van der Waals surface area contributed by atoms with E-state index < -0.39 is 0 Å². The van der Waals surface area contributed by atoms with Gasteiger partial charge in [0.1, 0.15) is 0 Å². The van der Waals surface area contributed by atoms with Crippen molar-refractivity contribution in [2.75, 3.05) is 0 Å². The molecule has 6 atom stereocenters. The summed E-state index contributed by atoms with van der Waals surface area (Å²) in [6.45, 7) is 4.86. The highest BCUT2D eigenvalue weighted by Gasteiger charge is 2.60. The predicted octanol–water partition coefficient (Wildman–Crippen LogP) is 3.56. The van der Waals surface area contributed by atoms with Gasteiger partial charge in [-0.15, -0.1) is 0 Å². The van der Waals surface area contributed by atoms with Crippen LogP contribution in [0.2, 0.25) is 0 Å². The summed E-state index contributed by atoms with van der Waals surface area (Å²) < 4.78 is 0. The van der Waals surface area contributed by atoms with Crippen LogP contribution >= 0.6 is 11.8 Å². The zero-order chi connectivity index (χ0) is 9.00. The maximum Gasteiger partial charge on any atom is 0.00813 e. The highest BCUT2D eigenvalue weighted by Crippen LogP contribution is 2.66. The fourth-order valence-electron chi connectivity index (χ4n) is 4.41. The zero-order valence-electron chi connectivity index (χ0n) is 8.70. The highest BCUT2D eigenvalue weighted by atomic mass is 32.2. The lowest BCUT2D eigenvalue weighted by atomic mass is 9.56. The maximum atomic E-state index is 2.48. The van der Waals surface area contributed by atoms with Crippen LogP contribution in [0.25, 0.3) is 0 Å². The van der Waals surface area contributed by atoms with Gasteiger partial charge in [0.25, 0.3) is 0 Å². The number of hydrogen-bond acceptors (Lipinski definition) is 1. The molecule has 0 nitrogen and oxygen atoms in total. The van der Waals surface area contributed by atoms with E-state index in [0.717, 1.165) is 34.2 Å². The normalized spacial score (nSPS) is 58.6. The van der Waals surface area contributed by atoms with Crippen molar-refractivity contribution in [1.29, 1.82) is 0 Å². The van der Waals surface area contributed by atoms with Crippen molar-refractivity contribution in [2.45, 2.75) is 50.0 Å². The smallest absolute Gasteiger partial charge is 0.00813 e. The van der Waals surface area contributed by atoms with E-state index in [0.29, 0.717) is 0 Å². The summed E-state index contributed by atoms with van der Waals surface area (Å²) in [4.78, 5) is 0. The Bertz CT molecular complexity index is 211.